The van der Waals surface area contributed by atoms with E-state index in [1.807, 2.05) is 6.07 Å². The lowest BCUT2D eigenvalue weighted by atomic mass is 10.4. The fraction of sp³-hybridized carbons (Fsp3) is 0.400. The number of amides is 2. The summed E-state index contributed by atoms with van der Waals surface area (Å²) >= 11 is 0. The minimum atomic E-state index is -1.01. The molecule has 18 heavy (non-hydrogen) atoms. The number of nitrogens with one attached hydrogen (secondary N) is 1. The number of hydrogen-bond acceptors (Lipinski definition) is 4. The summed E-state index contributed by atoms with van der Waals surface area (Å²) in [6.45, 7) is 0.0612. The molecule has 0 saturated carbocycles. The first kappa shape index (κ1) is 13.5. The SMILES string of the molecule is CN(CCC#N)C(=O)Nc1cnn(CC(=O)O)c1. The van der Waals surface area contributed by atoms with Crippen LogP contribution in [0.25, 0.3) is 0 Å². The van der Waals surface area contributed by atoms with Crippen LogP contribution in [-0.4, -0.2) is 45.4 Å². The van der Waals surface area contributed by atoms with E-state index in [4.69, 9.17) is 10.4 Å². The van der Waals surface area contributed by atoms with E-state index in [0.717, 1.165) is 0 Å². The van der Waals surface area contributed by atoms with Gasteiger partial charge in [-0.05, 0) is 0 Å². The molecule has 96 valence electrons. The van der Waals surface area contributed by atoms with Crippen molar-refractivity contribution in [3.05, 3.63) is 12.4 Å². The highest BCUT2D eigenvalue weighted by Gasteiger charge is 2.10. The molecule has 0 aliphatic carbocycles. The van der Waals surface area contributed by atoms with Crippen molar-refractivity contribution < 1.29 is 14.7 Å². The van der Waals surface area contributed by atoms with Crippen LogP contribution in [0.15, 0.2) is 12.4 Å². The van der Waals surface area contributed by atoms with Gasteiger partial charge in [0.05, 0.1) is 24.4 Å². The molecule has 0 fully saturated rings. The maximum atomic E-state index is 11.6. The number of carboxylic acid groups (broad SMARTS) is 1. The van der Waals surface area contributed by atoms with E-state index in [-0.39, 0.29) is 19.0 Å². The van der Waals surface area contributed by atoms with Gasteiger partial charge in [0.1, 0.15) is 6.54 Å². The number of nitrogens with zero attached hydrogens (tertiary/aromatic N) is 4. The molecule has 0 spiro atoms. The zero-order chi connectivity index (χ0) is 13.5. The Kier molecular flexibility index (Phi) is 4.68. The molecular formula is C10H13N5O3. The molecule has 0 unspecified atom stereocenters. The Bertz CT molecular complexity index is 476. The molecule has 1 aromatic heterocycles. The number of carbonyl (C=O) groups is 2. The average Bonchev–Trinajstić information content (AvgIpc) is 2.72. The van der Waals surface area contributed by atoms with Crippen LogP contribution in [0.3, 0.4) is 0 Å². The summed E-state index contributed by atoms with van der Waals surface area (Å²) in [6.07, 6.45) is 3.03. The third kappa shape index (κ3) is 4.13. The van der Waals surface area contributed by atoms with Crippen molar-refractivity contribution in [2.75, 3.05) is 18.9 Å². The van der Waals surface area contributed by atoms with Gasteiger partial charge in [0.2, 0.25) is 0 Å². The summed E-state index contributed by atoms with van der Waals surface area (Å²) in [4.78, 5) is 23.4. The van der Waals surface area contributed by atoms with Crippen LogP contribution in [0.1, 0.15) is 6.42 Å². The normalized spacial score (nSPS) is 9.56. The molecule has 0 atom stereocenters. The van der Waals surface area contributed by atoms with E-state index in [1.54, 1.807) is 7.05 Å². The molecule has 0 aromatic carbocycles. The number of nitriles is 1. The maximum absolute atomic E-state index is 11.6. The molecule has 1 aromatic rings. The van der Waals surface area contributed by atoms with Gasteiger partial charge in [-0.25, -0.2) is 4.79 Å². The number of aliphatic carboxylic acids is 1. The first-order valence-corrected chi connectivity index (χ1v) is 5.16. The lowest BCUT2D eigenvalue weighted by Gasteiger charge is -2.15. The molecule has 0 radical (unpaired) electrons. The minimum absolute atomic E-state index is 0.252. The van der Waals surface area contributed by atoms with Crippen molar-refractivity contribution in [1.29, 1.82) is 5.26 Å². The van der Waals surface area contributed by atoms with Gasteiger partial charge in [-0.15, -0.1) is 0 Å². The summed E-state index contributed by atoms with van der Waals surface area (Å²) in [6, 6.07) is 1.56. The summed E-state index contributed by atoms with van der Waals surface area (Å²) in [5.74, 6) is -1.01. The van der Waals surface area contributed by atoms with Crippen LogP contribution in [0.4, 0.5) is 10.5 Å². The Labute approximate surface area is 103 Å². The van der Waals surface area contributed by atoms with Gasteiger partial charge >= 0.3 is 12.0 Å². The number of hydrogen-bond donors (Lipinski definition) is 2. The van der Waals surface area contributed by atoms with Gasteiger partial charge < -0.3 is 15.3 Å². The Balaban J connectivity index is 2.52. The molecule has 8 nitrogen and oxygen atoms in total. The maximum Gasteiger partial charge on any atom is 0.325 e. The molecule has 1 rings (SSSR count). The summed E-state index contributed by atoms with van der Waals surface area (Å²) in [5.41, 5.74) is 0.407. The van der Waals surface area contributed by atoms with E-state index >= 15 is 0 Å². The molecule has 0 saturated heterocycles. The largest absolute Gasteiger partial charge is 0.480 e. The second-order valence-corrected chi connectivity index (χ2v) is 3.58. The topological polar surface area (TPSA) is 111 Å². The highest BCUT2D eigenvalue weighted by atomic mass is 16.4. The molecule has 1 heterocycles. The molecule has 2 amide bonds. The van der Waals surface area contributed by atoms with E-state index < -0.39 is 5.97 Å². The zero-order valence-corrected chi connectivity index (χ0v) is 9.83. The molecule has 0 aliphatic rings. The molecular weight excluding hydrogens is 238 g/mol. The highest BCUT2D eigenvalue weighted by molar-refractivity contribution is 5.88. The quantitative estimate of drug-likeness (QED) is 0.784. The summed E-state index contributed by atoms with van der Waals surface area (Å²) in [5, 5.41) is 23.3. The fourth-order valence-corrected chi connectivity index (χ4v) is 1.19. The van der Waals surface area contributed by atoms with Crippen LogP contribution in [0.5, 0.6) is 0 Å². The van der Waals surface area contributed by atoms with Crippen LogP contribution in [0.2, 0.25) is 0 Å². The standard InChI is InChI=1S/C10H13N5O3/c1-14(4-2-3-11)10(18)13-8-5-12-15(6-8)7-9(16)17/h5-6H,2,4,7H2,1H3,(H,13,18)(H,16,17). The molecule has 0 aliphatic heterocycles. The van der Waals surface area contributed by atoms with Crippen molar-refractivity contribution in [2.45, 2.75) is 13.0 Å². The number of urea groups is 1. The predicted molar refractivity (Wildman–Crippen MR) is 61.7 cm³/mol. The third-order valence-electron chi connectivity index (χ3n) is 2.09. The first-order valence-electron chi connectivity index (χ1n) is 5.16. The van der Waals surface area contributed by atoms with Crippen molar-refractivity contribution in [3.8, 4) is 6.07 Å². The van der Waals surface area contributed by atoms with E-state index in [0.29, 0.717) is 12.2 Å². The number of aromatic nitrogens is 2. The summed E-state index contributed by atoms with van der Waals surface area (Å²) < 4.78 is 1.20. The van der Waals surface area contributed by atoms with Crippen molar-refractivity contribution >= 4 is 17.7 Å². The third-order valence-corrected chi connectivity index (χ3v) is 2.09. The molecule has 0 bridgehead atoms. The smallest absolute Gasteiger partial charge is 0.325 e. The van der Waals surface area contributed by atoms with Crippen LogP contribution < -0.4 is 5.32 Å². The van der Waals surface area contributed by atoms with Crippen molar-refractivity contribution in [1.82, 2.24) is 14.7 Å². The van der Waals surface area contributed by atoms with Crippen LogP contribution in [-0.2, 0) is 11.3 Å². The number of carboxylic acids is 1. The zero-order valence-electron chi connectivity index (χ0n) is 9.83. The van der Waals surface area contributed by atoms with Gasteiger partial charge in [0, 0.05) is 19.8 Å². The average molecular weight is 251 g/mol. The number of carbonyl (C=O) groups excluding carboxylic acids is 1. The first-order chi connectivity index (χ1) is 8.52. The van der Waals surface area contributed by atoms with Crippen molar-refractivity contribution in [2.24, 2.45) is 0 Å². The summed E-state index contributed by atoms with van der Waals surface area (Å²) in [7, 11) is 1.56. The Morgan fingerprint density at radius 3 is 3.00 bits per heavy atom. The highest BCUT2D eigenvalue weighted by Crippen LogP contribution is 2.05. The minimum Gasteiger partial charge on any atom is -0.480 e. The molecule has 8 heteroatoms. The second kappa shape index (κ2) is 6.24. The Morgan fingerprint density at radius 1 is 1.67 bits per heavy atom. The lowest BCUT2D eigenvalue weighted by Crippen LogP contribution is -2.31. The van der Waals surface area contributed by atoms with E-state index in [2.05, 4.69) is 10.4 Å². The number of rotatable bonds is 5. The van der Waals surface area contributed by atoms with Crippen LogP contribution >= 0.6 is 0 Å². The Morgan fingerprint density at radius 2 is 2.39 bits per heavy atom. The van der Waals surface area contributed by atoms with E-state index in [1.165, 1.54) is 22.0 Å². The van der Waals surface area contributed by atoms with Gasteiger partial charge in [-0.1, -0.05) is 0 Å². The van der Waals surface area contributed by atoms with Gasteiger partial charge in [-0.2, -0.15) is 10.4 Å². The van der Waals surface area contributed by atoms with Gasteiger partial charge in [0.15, 0.2) is 0 Å². The van der Waals surface area contributed by atoms with Gasteiger partial charge in [-0.3, -0.25) is 9.48 Å². The van der Waals surface area contributed by atoms with E-state index in [9.17, 15) is 9.59 Å². The second-order valence-electron chi connectivity index (χ2n) is 3.58. The fourth-order valence-electron chi connectivity index (χ4n) is 1.19. The Hall–Kier alpha value is -2.56. The van der Waals surface area contributed by atoms with Crippen LogP contribution in [0, 0.1) is 11.3 Å². The number of anilines is 1. The lowest BCUT2D eigenvalue weighted by molar-refractivity contribution is -0.137. The monoisotopic (exact) mass is 251 g/mol. The van der Waals surface area contributed by atoms with Gasteiger partial charge in [0.25, 0.3) is 0 Å². The predicted octanol–water partition coefficient (Wildman–Crippen LogP) is 0.345. The molecule has 2 N–H and O–H groups in total. The van der Waals surface area contributed by atoms with Crippen molar-refractivity contribution in [3.63, 3.8) is 0 Å².